The zero-order chi connectivity index (χ0) is 25.5. The maximum Gasteiger partial charge on any atom is 0.472 e. The molecule has 4 N–H and O–H groups in total. The van der Waals surface area contributed by atoms with Crippen molar-refractivity contribution in [3.63, 3.8) is 0 Å². The minimum atomic E-state index is -4.62. The third-order valence-electron chi connectivity index (χ3n) is 5.55. The molecule has 0 spiro atoms. The van der Waals surface area contributed by atoms with Crippen molar-refractivity contribution >= 4 is 13.6 Å². The third-order valence-corrected chi connectivity index (χ3v) is 6.01. The van der Waals surface area contributed by atoms with Crippen molar-refractivity contribution in [2.75, 3.05) is 5.73 Å². The van der Waals surface area contributed by atoms with Gasteiger partial charge in [0.25, 0.3) is 5.82 Å². The predicted octanol–water partition coefficient (Wildman–Crippen LogP) is 4.40. The fraction of sp³-hybridized carbons (Fsp3) is 0.231. The van der Waals surface area contributed by atoms with Crippen molar-refractivity contribution in [2.45, 2.75) is 39.5 Å². The maximum atomic E-state index is 11.0. The zero-order valence-electron chi connectivity index (χ0n) is 19.9. The van der Waals surface area contributed by atoms with Crippen LogP contribution in [0, 0.1) is 0 Å². The number of hydrogen-bond donors (Lipinski definition) is 3. The fourth-order valence-corrected chi connectivity index (χ4v) is 4.03. The molecule has 4 rings (SSSR count). The lowest BCUT2D eigenvalue weighted by molar-refractivity contribution is -0.711. The molecule has 0 unspecified atom stereocenters. The van der Waals surface area contributed by atoms with E-state index < -0.39 is 14.6 Å². The van der Waals surface area contributed by atoms with Crippen LogP contribution in [-0.4, -0.2) is 14.9 Å². The number of rotatable bonds is 11. The standard InChI is InChI=1S/C26H28N3O6P/c1-2-5-19-6-3-7-23(15-19)33-17-21-11-9-20(10-12-21)14-22-16-25(35-28-22)24-8-4-13-29(26(24)27)18-34-36(30,31)32/h3-4,6-13,15-16,27H,2,5,14,17-18H2,1H3,(H2,30,31,32)/p+1. The van der Waals surface area contributed by atoms with E-state index in [0.29, 0.717) is 24.4 Å². The van der Waals surface area contributed by atoms with E-state index in [1.54, 1.807) is 24.4 Å². The minimum absolute atomic E-state index is 0.234. The van der Waals surface area contributed by atoms with Crippen molar-refractivity contribution in [3.05, 3.63) is 95.3 Å². The number of nitrogen functional groups attached to an aromatic ring is 1. The molecule has 0 saturated heterocycles. The van der Waals surface area contributed by atoms with Crippen LogP contribution in [-0.2, 0) is 35.3 Å². The Kier molecular flexibility index (Phi) is 8.18. The number of aromatic nitrogens is 2. The first-order chi connectivity index (χ1) is 17.3. The summed E-state index contributed by atoms with van der Waals surface area (Å²) in [5.74, 6) is 1.55. The van der Waals surface area contributed by atoms with Gasteiger partial charge in [-0.1, -0.05) is 54.9 Å². The van der Waals surface area contributed by atoms with Gasteiger partial charge >= 0.3 is 7.82 Å². The van der Waals surface area contributed by atoms with Crippen LogP contribution < -0.4 is 15.0 Å². The Hall–Kier alpha value is -3.49. The molecule has 188 valence electrons. The Morgan fingerprint density at radius 3 is 2.56 bits per heavy atom. The topological polar surface area (TPSA) is 132 Å². The van der Waals surface area contributed by atoms with Crippen LogP contribution in [0.2, 0.25) is 0 Å². The molecular weight excluding hydrogens is 481 g/mol. The summed E-state index contributed by atoms with van der Waals surface area (Å²) in [7, 11) is -4.62. The molecule has 0 aliphatic carbocycles. The van der Waals surface area contributed by atoms with Gasteiger partial charge in [0.1, 0.15) is 17.9 Å². The summed E-state index contributed by atoms with van der Waals surface area (Å²) in [6.07, 6.45) is 4.26. The number of anilines is 1. The van der Waals surface area contributed by atoms with E-state index in [2.05, 4.69) is 28.7 Å². The molecule has 10 heteroatoms. The lowest BCUT2D eigenvalue weighted by Crippen LogP contribution is -2.38. The highest BCUT2D eigenvalue weighted by Crippen LogP contribution is 2.35. The van der Waals surface area contributed by atoms with Gasteiger partial charge in [-0.05, 0) is 47.4 Å². The van der Waals surface area contributed by atoms with Crippen LogP contribution in [0.3, 0.4) is 0 Å². The first kappa shape index (κ1) is 25.6. The van der Waals surface area contributed by atoms with Crippen LogP contribution in [0.5, 0.6) is 5.75 Å². The molecule has 0 fully saturated rings. The average Bonchev–Trinajstić information content (AvgIpc) is 3.31. The second-order valence-corrected chi connectivity index (χ2v) is 9.63. The summed E-state index contributed by atoms with van der Waals surface area (Å²) < 4.78 is 28.3. The molecule has 2 aromatic heterocycles. The highest BCUT2D eigenvalue weighted by Gasteiger charge is 2.20. The van der Waals surface area contributed by atoms with Crippen LogP contribution in [0.4, 0.5) is 5.82 Å². The van der Waals surface area contributed by atoms with E-state index in [9.17, 15) is 4.57 Å². The Morgan fingerprint density at radius 2 is 1.81 bits per heavy atom. The van der Waals surface area contributed by atoms with Gasteiger partial charge < -0.3 is 19.0 Å². The van der Waals surface area contributed by atoms with Gasteiger partial charge in [-0.15, -0.1) is 0 Å². The van der Waals surface area contributed by atoms with E-state index >= 15 is 0 Å². The monoisotopic (exact) mass is 510 g/mol. The first-order valence-electron chi connectivity index (χ1n) is 11.5. The smallest absolute Gasteiger partial charge is 0.472 e. The van der Waals surface area contributed by atoms with Gasteiger partial charge in [-0.25, -0.2) is 13.7 Å². The number of nitrogens with zero attached hydrogens (tertiary/aromatic N) is 2. The molecule has 4 aromatic rings. The predicted molar refractivity (Wildman–Crippen MR) is 134 cm³/mol. The molecule has 36 heavy (non-hydrogen) atoms. The first-order valence-corrected chi connectivity index (χ1v) is 13.1. The van der Waals surface area contributed by atoms with Gasteiger partial charge in [0.05, 0.1) is 11.9 Å². The van der Waals surface area contributed by atoms with Gasteiger partial charge in [-0.3, -0.25) is 5.73 Å². The maximum absolute atomic E-state index is 11.0. The molecule has 0 bridgehead atoms. The van der Waals surface area contributed by atoms with E-state index in [0.717, 1.165) is 35.4 Å². The minimum Gasteiger partial charge on any atom is -0.489 e. The number of nitrogens with two attached hydrogens (primary N) is 1. The summed E-state index contributed by atoms with van der Waals surface area (Å²) in [6.45, 7) is 2.25. The van der Waals surface area contributed by atoms with Crippen molar-refractivity contribution in [2.24, 2.45) is 0 Å². The SMILES string of the molecule is CCCc1cccc(OCc2ccc(Cc3cc(-c4ccc[n+](COP(=O)(O)O)c4N)on3)cc2)c1. The molecule has 0 atom stereocenters. The normalized spacial score (nSPS) is 11.5. The molecule has 2 aromatic carbocycles. The lowest BCUT2D eigenvalue weighted by atomic mass is 10.1. The summed E-state index contributed by atoms with van der Waals surface area (Å²) in [5.41, 5.74) is 10.8. The van der Waals surface area contributed by atoms with Crippen LogP contribution in [0.15, 0.2) is 77.4 Å². The molecule has 0 aliphatic rings. The van der Waals surface area contributed by atoms with Crippen molar-refractivity contribution < 1.29 is 32.7 Å². The van der Waals surface area contributed by atoms with Crippen LogP contribution >= 0.6 is 7.82 Å². The van der Waals surface area contributed by atoms with Crippen molar-refractivity contribution in [1.29, 1.82) is 0 Å². The molecule has 0 aliphatic heterocycles. The summed E-state index contributed by atoms with van der Waals surface area (Å²) in [6, 6.07) is 21.5. The summed E-state index contributed by atoms with van der Waals surface area (Å²) in [4.78, 5) is 17.9. The molecule has 2 heterocycles. The van der Waals surface area contributed by atoms with E-state index in [-0.39, 0.29) is 5.82 Å². The molecular formula is C26H29N3O6P+. The van der Waals surface area contributed by atoms with Crippen molar-refractivity contribution in [3.8, 4) is 17.1 Å². The Bertz CT molecular complexity index is 1350. The second kappa shape index (κ2) is 11.5. The number of pyridine rings is 1. The van der Waals surface area contributed by atoms with Gasteiger partial charge in [-0.2, -0.15) is 0 Å². The highest BCUT2D eigenvalue weighted by atomic mass is 31.2. The van der Waals surface area contributed by atoms with E-state index in [1.165, 1.54) is 10.1 Å². The number of phosphoric ester groups is 1. The zero-order valence-corrected chi connectivity index (χ0v) is 20.8. The molecule has 0 saturated carbocycles. The number of benzene rings is 2. The second-order valence-electron chi connectivity index (χ2n) is 8.39. The van der Waals surface area contributed by atoms with E-state index in [4.69, 9.17) is 24.8 Å². The Balaban J connectivity index is 1.37. The lowest BCUT2D eigenvalue weighted by Gasteiger charge is -2.08. The average molecular weight is 511 g/mol. The fourth-order valence-electron chi connectivity index (χ4n) is 3.75. The highest BCUT2D eigenvalue weighted by molar-refractivity contribution is 7.46. The quantitative estimate of drug-likeness (QED) is 0.200. The van der Waals surface area contributed by atoms with Crippen LogP contribution in [0.1, 0.15) is 35.7 Å². The molecule has 0 amide bonds. The van der Waals surface area contributed by atoms with Crippen LogP contribution in [0.25, 0.3) is 11.3 Å². The summed E-state index contributed by atoms with van der Waals surface area (Å²) in [5, 5.41) is 4.15. The Labute approximate surface area is 209 Å². The Morgan fingerprint density at radius 1 is 1.03 bits per heavy atom. The van der Waals surface area contributed by atoms with Gasteiger partial charge in [0, 0.05) is 12.5 Å². The van der Waals surface area contributed by atoms with E-state index in [1.807, 2.05) is 36.4 Å². The third kappa shape index (κ3) is 7.02. The van der Waals surface area contributed by atoms with Gasteiger partial charge in [0.15, 0.2) is 5.76 Å². The number of phosphoric acid groups is 1. The number of aryl methyl sites for hydroxylation is 1. The summed E-state index contributed by atoms with van der Waals surface area (Å²) >= 11 is 0. The van der Waals surface area contributed by atoms with Gasteiger partial charge in [0.2, 0.25) is 6.73 Å². The van der Waals surface area contributed by atoms with Crippen molar-refractivity contribution in [1.82, 2.24) is 5.16 Å². The largest absolute Gasteiger partial charge is 0.489 e. The number of ether oxygens (including phenoxy) is 1. The molecule has 0 radical (unpaired) electrons. The molecule has 9 nitrogen and oxygen atoms in total. The number of hydrogen-bond acceptors (Lipinski definition) is 6.